The number of amides is 2. The quantitative estimate of drug-likeness (QED) is 0.416. The number of hydrogen-bond donors (Lipinski definition) is 1. The van der Waals surface area contributed by atoms with Gasteiger partial charge in [0.25, 0.3) is 11.8 Å². The van der Waals surface area contributed by atoms with Crippen LogP contribution in [-0.4, -0.2) is 46.2 Å². The minimum atomic E-state index is -4.84. The van der Waals surface area contributed by atoms with Crippen molar-refractivity contribution in [3.05, 3.63) is 81.7 Å². The number of anilines is 1. The van der Waals surface area contributed by atoms with E-state index in [1.165, 1.54) is 17.0 Å². The summed E-state index contributed by atoms with van der Waals surface area (Å²) in [7, 11) is 0. The van der Waals surface area contributed by atoms with Crippen LogP contribution in [0.25, 0.3) is 0 Å². The summed E-state index contributed by atoms with van der Waals surface area (Å²) in [5.74, 6) is -1.95. The molecule has 0 bridgehead atoms. The molecule has 0 aliphatic carbocycles. The van der Waals surface area contributed by atoms with E-state index in [1.54, 1.807) is 19.1 Å². The average molecular weight is 567 g/mol. The molecule has 1 aromatic heterocycles. The summed E-state index contributed by atoms with van der Waals surface area (Å²) in [6, 6.07) is 8.13. The summed E-state index contributed by atoms with van der Waals surface area (Å²) in [6.07, 6.45) is -9.55. The number of benzene rings is 2. The molecule has 7 nitrogen and oxygen atoms in total. The van der Waals surface area contributed by atoms with Crippen molar-refractivity contribution in [3.8, 4) is 0 Å². The number of aliphatic hydroxyl groups is 1. The van der Waals surface area contributed by atoms with Crippen molar-refractivity contribution in [3.63, 3.8) is 0 Å². The lowest BCUT2D eigenvalue weighted by atomic mass is 9.94. The topological polar surface area (TPSA) is 86.9 Å². The number of alkyl halides is 6. The van der Waals surface area contributed by atoms with Crippen LogP contribution in [0.15, 0.2) is 47.2 Å². The van der Waals surface area contributed by atoms with Crippen molar-refractivity contribution in [2.75, 3.05) is 18.0 Å². The van der Waals surface area contributed by atoms with Crippen LogP contribution >= 0.6 is 0 Å². The van der Waals surface area contributed by atoms with Crippen LogP contribution in [0, 0.1) is 0 Å². The summed E-state index contributed by atoms with van der Waals surface area (Å²) in [5.41, 5.74) is -2.41. The number of β-amino-alcohol motifs (C(OH)–C–C–N with tert-alkyl or cyclic N) is 1. The van der Waals surface area contributed by atoms with Gasteiger partial charge in [0.1, 0.15) is 11.8 Å². The Bertz CT molecular complexity index is 1470. The lowest BCUT2D eigenvalue weighted by Crippen LogP contribution is -2.30. The van der Waals surface area contributed by atoms with Crippen LogP contribution < -0.4 is 4.90 Å². The Hall–Kier alpha value is -3.87. The van der Waals surface area contributed by atoms with Crippen LogP contribution in [0.1, 0.15) is 67.9 Å². The minimum Gasteiger partial charge on any atom is -0.391 e. The van der Waals surface area contributed by atoms with E-state index in [-0.39, 0.29) is 47.6 Å². The zero-order chi connectivity index (χ0) is 29.0. The number of nitrogens with zero attached hydrogens (tertiary/aromatic N) is 3. The second-order valence-corrected chi connectivity index (χ2v) is 10.0. The molecule has 1 saturated heterocycles. The lowest BCUT2D eigenvalue weighted by molar-refractivity contribution is -0.139. The van der Waals surface area contributed by atoms with Gasteiger partial charge in [0.05, 0.1) is 23.9 Å². The summed E-state index contributed by atoms with van der Waals surface area (Å²) < 4.78 is 86.3. The molecule has 1 unspecified atom stereocenters. The van der Waals surface area contributed by atoms with E-state index in [2.05, 4.69) is 9.68 Å². The fourth-order valence-corrected chi connectivity index (χ4v) is 5.15. The van der Waals surface area contributed by atoms with Crippen LogP contribution in [0.4, 0.5) is 32.0 Å². The first-order valence-corrected chi connectivity index (χ1v) is 12.4. The molecule has 2 aliphatic heterocycles. The highest BCUT2D eigenvalue weighted by atomic mass is 19.4. The number of aromatic nitrogens is 1. The fourth-order valence-electron chi connectivity index (χ4n) is 5.15. The molecule has 13 heteroatoms. The van der Waals surface area contributed by atoms with Crippen LogP contribution in [0.3, 0.4) is 0 Å². The first-order chi connectivity index (χ1) is 18.7. The SMILES string of the molecule is CC(Cc1nocc1C(F)(F)F)c1cccc(N2Cc3c(cc(C(=O)N4CC[C@H](O)C4)cc3C(F)(F)F)C2=O)c1. The van der Waals surface area contributed by atoms with Gasteiger partial charge in [0.15, 0.2) is 0 Å². The Morgan fingerprint density at radius 2 is 1.85 bits per heavy atom. The van der Waals surface area contributed by atoms with E-state index < -0.39 is 53.9 Å². The monoisotopic (exact) mass is 567 g/mol. The minimum absolute atomic E-state index is 0.0128. The maximum absolute atomic E-state index is 14.1. The molecule has 0 radical (unpaired) electrons. The normalized spacial score (nSPS) is 18.4. The highest BCUT2D eigenvalue weighted by Crippen LogP contribution is 2.40. The molecule has 0 spiro atoms. The van der Waals surface area contributed by atoms with Gasteiger partial charge in [-0.15, -0.1) is 0 Å². The number of rotatable bonds is 5. The number of halogens is 6. The Balaban J connectivity index is 1.44. The molecule has 2 amide bonds. The van der Waals surface area contributed by atoms with Crippen molar-refractivity contribution >= 4 is 17.5 Å². The zero-order valence-electron chi connectivity index (χ0n) is 21.0. The molecular weight excluding hydrogens is 544 g/mol. The molecule has 3 heterocycles. The van der Waals surface area contributed by atoms with Gasteiger partial charge in [-0.3, -0.25) is 9.59 Å². The van der Waals surface area contributed by atoms with Gasteiger partial charge < -0.3 is 19.4 Å². The van der Waals surface area contributed by atoms with Crippen molar-refractivity contribution < 1.29 is 45.6 Å². The third-order valence-electron chi connectivity index (χ3n) is 7.24. The number of carbonyl (C=O) groups excluding carboxylic acids is 2. The van der Waals surface area contributed by atoms with Crippen LogP contribution in [0.5, 0.6) is 0 Å². The summed E-state index contributed by atoms with van der Waals surface area (Å²) in [4.78, 5) is 28.7. The number of carbonyl (C=O) groups is 2. The van der Waals surface area contributed by atoms with Gasteiger partial charge in [-0.2, -0.15) is 26.3 Å². The molecule has 212 valence electrons. The molecule has 2 aliphatic rings. The maximum Gasteiger partial charge on any atom is 0.421 e. The molecular formula is C27H23F6N3O4. The molecule has 2 aromatic carbocycles. The number of hydrogen-bond acceptors (Lipinski definition) is 5. The van der Waals surface area contributed by atoms with E-state index in [0.717, 1.165) is 17.0 Å². The number of aliphatic hydroxyl groups excluding tert-OH is 1. The highest BCUT2D eigenvalue weighted by molar-refractivity contribution is 6.11. The standard InChI is InChI=1S/C27H23F6N3O4/c1-14(7-23-22(13-40-34-23)27(31,32)33)15-3-2-4-17(8-15)36-12-20-19(25(36)39)9-16(10-21(20)26(28,29)30)24(38)35-6-5-18(37)11-35/h2-4,8-10,13-14,18,37H,5-7,11-12H2,1H3/t14?,18-/m0/s1. The van der Waals surface area contributed by atoms with E-state index in [4.69, 9.17) is 0 Å². The third-order valence-corrected chi connectivity index (χ3v) is 7.24. The van der Waals surface area contributed by atoms with Gasteiger partial charge in [0, 0.05) is 36.3 Å². The van der Waals surface area contributed by atoms with Crippen molar-refractivity contribution in [1.82, 2.24) is 10.1 Å². The average Bonchev–Trinajstić information content (AvgIpc) is 3.61. The summed E-state index contributed by atoms with van der Waals surface area (Å²) in [6.45, 7) is 1.42. The predicted molar refractivity (Wildman–Crippen MR) is 129 cm³/mol. The Morgan fingerprint density at radius 3 is 2.50 bits per heavy atom. The summed E-state index contributed by atoms with van der Waals surface area (Å²) in [5, 5.41) is 13.2. The lowest BCUT2D eigenvalue weighted by Gasteiger charge is -2.19. The van der Waals surface area contributed by atoms with E-state index in [9.17, 15) is 41.0 Å². The largest absolute Gasteiger partial charge is 0.421 e. The first-order valence-electron chi connectivity index (χ1n) is 12.4. The fraction of sp³-hybridized carbons (Fsp3) is 0.370. The van der Waals surface area contributed by atoms with Gasteiger partial charge in [0.2, 0.25) is 0 Å². The van der Waals surface area contributed by atoms with Crippen LogP contribution in [0.2, 0.25) is 0 Å². The van der Waals surface area contributed by atoms with Gasteiger partial charge in [-0.25, -0.2) is 0 Å². The van der Waals surface area contributed by atoms with Crippen LogP contribution in [-0.2, 0) is 25.3 Å². The Morgan fingerprint density at radius 1 is 1.12 bits per heavy atom. The van der Waals surface area contributed by atoms with Gasteiger partial charge >= 0.3 is 12.4 Å². The van der Waals surface area contributed by atoms with E-state index in [0.29, 0.717) is 18.2 Å². The molecule has 2 atom stereocenters. The van der Waals surface area contributed by atoms with Crippen molar-refractivity contribution in [2.24, 2.45) is 0 Å². The molecule has 40 heavy (non-hydrogen) atoms. The maximum atomic E-state index is 14.1. The second kappa shape index (κ2) is 9.95. The number of likely N-dealkylation sites (tertiary alicyclic amines) is 1. The van der Waals surface area contributed by atoms with Crippen molar-refractivity contribution in [2.45, 2.75) is 50.7 Å². The molecule has 3 aromatic rings. The molecule has 5 rings (SSSR count). The predicted octanol–water partition coefficient (Wildman–Crippen LogP) is 5.43. The van der Waals surface area contributed by atoms with E-state index in [1.807, 2.05) is 0 Å². The molecule has 0 saturated carbocycles. The Labute approximate surface area is 224 Å². The smallest absolute Gasteiger partial charge is 0.391 e. The third kappa shape index (κ3) is 5.17. The first kappa shape index (κ1) is 27.7. The van der Waals surface area contributed by atoms with E-state index >= 15 is 0 Å². The number of fused-ring (bicyclic) bond motifs is 1. The second-order valence-electron chi connectivity index (χ2n) is 10.0. The highest BCUT2D eigenvalue weighted by Gasteiger charge is 2.42. The van der Waals surface area contributed by atoms with Crippen molar-refractivity contribution in [1.29, 1.82) is 0 Å². The molecule has 1 N–H and O–H groups in total. The van der Waals surface area contributed by atoms with Gasteiger partial charge in [-0.05, 0) is 47.7 Å². The molecule has 1 fully saturated rings. The Kier molecular flexibility index (Phi) is 6.89. The summed E-state index contributed by atoms with van der Waals surface area (Å²) >= 11 is 0. The van der Waals surface area contributed by atoms with Gasteiger partial charge in [-0.1, -0.05) is 24.2 Å². The zero-order valence-corrected chi connectivity index (χ0v) is 21.0.